The molecule has 0 aliphatic rings. The Labute approximate surface area is 301 Å². The lowest BCUT2D eigenvalue weighted by Gasteiger charge is -2.10. The SMILES string of the molecule is c1ccc(-c2nc3c(-c4nc(-c5ccc6ccccc6c5)nc(-c5ccc6ccccc6c5)n4)cc4sc5ccc6ccccc6c5c4c3o2)cc1. The molecule has 242 valence electrons. The molecule has 0 radical (unpaired) electrons. The van der Waals surface area contributed by atoms with E-state index in [-0.39, 0.29) is 0 Å². The molecule has 0 atom stereocenters. The molecule has 0 amide bonds. The predicted octanol–water partition coefficient (Wildman–Crippen LogP) is 12.5. The van der Waals surface area contributed by atoms with Gasteiger partial charge in [-0.1, -0.05) is 121 Å². The van der Waals surface area contributed by atoms with Gasteiger partial charge in [-0.15, -0.1) is 11.3 Å². The van der Waals surface area contributed by atoms with Crippen molar-refractivity contribution >= 4 is 74.9 Å². The first-order valence-electron chi connectivity index (χ1n) is 17.2. The summed E-state index contributed by atoms with van der Waals surface area (Å²) in [6.45, 7) is 0. The molecule has 11 aromatic rings. The molecule has 0 saturated heterocycles. The highest BCUT2D eigenvalue weighted by Gasteiger charge is 2.23. The lowest BCUT2D eigenvalue weighted by atomic mass is 10.0. The van der Waals surface area contributed by atoms with Crippen molar-refractivity contribution < 1.29 is 4.42 Å². The Balaban J connectivity index is 1.22. The zero-order valence-corrected chi connectivity index (χ0v) is 28.4. The van der Waals surface area contributed by atoms with Gasteiger partial charge in [-0.25, -0.2) is 19.9 Å². The average molecular weight is 683 g/mol. The largest absolute Gasteiger partial charge is 0.435 e. The first kappa shape index (κ1) is 29.0. The molecule has 5 nitrogen and oxygen atoms in total. The Bertz CT molecular complexity index is 3100. The van der Waals surface area contributed by atoms with Gasteiger partial charge in [-0.2, -0.15) is 0 Å². The molecule has 8 aromatic carbocycles. The number of oxazole rings is 1. The minimum Gasteiger partial charge on any atom is -0.435 e. The van der Waals surface area contributed by atoms with Gasteiger partial charge >= 0.3 is 0 Å². The monoisotopic (exact) mass is 682 g/mol. The van der Waals surface area contributed by atoms with Crippen LogP contribution >= 0.6 is 11.3 Å². The third-order valence-corrected chi connectivity index (χ3v) is 11.0. The molecule has 0 N–H and O–H groups in total. The van der Waals surface area contributed by atoms with Crippen LogP contribution in [-0.2, 0) is 0 Å². The van der Waals surface area contributed by atoms with E-state index < -0.39 is 0 Å². The Hall–Kier alpha value is -6.76. The van der Waals surface area contributed by atoms with Crippen LogP contribution in [0.4, 0.5) is 0 Å². The molecule has 11 rings (SSSR count). The summed E-state index contributed by atoms with van der Waals surface area (Å²) in [7, 11) is 0. The zero-order chi connectivity index (χ0) is 34.2. The second-order valence-corrected chi connectivity index (χ2v) is 14.1. The number of rotatable bonds is 4. The van der Waals surface area contributed by atoms with Gasteiger partial charge in [0, 0.05) is 36.9 Å². The molecular formula is C46H26N4OS. The van der Waals surface area contributed by atoms with Crippen LogP contribution in [0.5, 0.6) is 0 Å². The van der Waals surface area contributed by atoms with Crippen molar-refractivity contribution in [1.82, 2.24) is 19.9 Å². The van der Waals surface area contributed by atoms with Crippen molar-refractivity contribution in [3.05, 3.63) is 158 Å². The highest BCUT2D eigenvalue weighted by molar-refractivity contribution is 7.26. The van der Waals surface area contributed by atoms with Gasteiger partial charge in [0.15, 0.2) is 23.1 Å². The second-order valence-electron chi connectivity index (χ2n) is 13.1. The molecule has 0 fully saturated rings. The van der Waals surface area contributed by atoms with E-state index in [4.69, 9.17) is 24.4 Å². The lowest BCUT2D eigenvalue weighted by Crippen LogP contribution is -2.01. The molecule has 0 spiro atoms. The molecule has 0 aliphatic heterocycles. The zero-order valence-electron chi connectivity index (χ0n) is 27.6. The third-order valence-electron chi connectivity index (χ3n) is 9.90. The average Bonchev–Trinajstić information content (AvgIpc) is 3.83. The first-order chi connectivity index (χ1) is 25.7. The number of fused-ring (bicyclic) bond motifs is 9. The summed E-state index contributed by atoms with van der Waals surface area (Å²) >= 11 is 1.75. The molecule has 0 aliphatic carbocycles. The summed E-state index contributed by atoms with van der Waals surface area (Å²) < 4.78 is 9.07. The van der Waals surface area contributed by atoms with Crippen molar-refractivity contribution in [2.24, 2.45) is 0 Å². The van der Waals surface area contributed by atoms with E-state index >= 15 is 0 Å². The number of hydrogen-bond donors (Lipinski definition) is 0. The molecule has 0 saturated carbocycles. The normalized spacial score (nSPS) is 11.8. The quantitative estimate of drug-likeness (QED) is 0.185. The van der Waals surface area contributed by atoms with E-state index in [1.807, 2.05) is 30.3 Å². The fourth-order valence-corrected chi connectivity index (χ4v) is 8.53. The Kier molecular flexibility index (Phi) is 6.35. The Morgan fingerprint density at radius 3 is 1.67 bits per heavy atom. The van der Waals surface area contributed by atoms with E-state index in [0.717, 1.165) is 65.0 Å². The maximum absolute atomic E-state index is 6.80. The van der Waals surface area contributed by atoms with Crippen molar-refractivity contribution in [2.45, 2.75) is 0 Å². The van der Waals surface area contributed by atoms with Gasteiger partial charge in [-0.05, 0) is 68.7 Å². The van der Waals surface area contributed by atoms with Gasteiger partial charge in [0.05, 0.1) is 5.56 Å². The van der Waals surface area contributed by atoms with Crippen molar-refractivity contribution in [1.29, 1.82) is 0 Å². The van der Waals surface area contributed by atoms with Crippen LogP contribution in [-0.4, -0.2) is 19.9 Å². The van der Waals surface area contributed by atoms with Gasteiger partial charge in [-0.3, -0.25) is 0 Å². The third kappa shape index (κ3) is 4.62. The van der Waals surface area contributed by atoms with E-state index in [1.165, 1.54) is 20.9 Å². The van der Waals surface area contributed by atoms with Crippen molar-refractivity contribution in [3.8, 4) is 45.6 Å². The van der Waals surface area contributed by atoms with E-state index in [1.54, 1.807) is 11.3 Å². The van der Waals surface area contributed by atoms with Crippen LogP contribution in [0.2, 0.25) is 0 Å². The van der Waals surface area contributed by atoms with E-state index in [9.17, 15) is 0 Å². The van der Waals surface area contributed by atoms with Crippen LogP contribution in [0.1, 0.15) is 0 Å². The lowest BCUT2D eigenvalue weighted by molar-refractivity contribution is 0.623. The Morgan fingerprint density at radius 1 is 0.404 bits per heavy atom. The fourth-order valence-electron chi connectivity index (χ4n) is 7.37. The summed E-state index contributed by atoms with van der Waals surface area (Å²) in [5, 5.41) is 9.19. The van der Waals surface area contributed by atoms with Gasteiger partial charge in [0.2, 0.25) is 5.89 Å². The number of thiophene rings is 1. The summed E-state index contributed by atoms with van der Waals surface area (Å²) in [4.78, 5) is 20.7. The van der Waals surface area contributed by atoms with Crippen LogP contribution < -0.4 is 0 Å². The standard InChI is InChI=1S/C46H26N4OS/c1-2-13-30(14-3-1)46-47-41-36(26-38-40(42(41)51-46)39-35-17-9-8-12-29(35)22-23-37(39)52-38)45-49-43(33-20-18-27-10-4-6-15-31(27)24-33)48-44(50-45)34-21-19-28-11-5-7-16-32(28)25-34/h1-26H. The summed E-state index contributed by atoms with van der Waals surface area (Å²) in [5.41, 5.74) is 5.00. The number of hydrogen-bond acceptors (Lipinski definition) is 6. The van der Waals surface area contributed by atoms with Crippen molar-refractivity contribution in [2.75, 3.05) is 0 Å². The first-order valence-corrected chi connectivity index (χ1v) is 18.0. The van der Waals surface area contributed by atoms with Gasteiger partial charge in [0.1, 0.15) is 5.52 Å². The summed E-state index contributed by atoms with van der Waals surface area (Å²) in [6.07, 6.45) is 0. The topological polar surface area (TPSA) is 64.7 Å². The molecule has 52 heavy (non-hydrogen) atoms. The minimum absolute atomic E-state index is 0.545. The molecule has 0 bridgehead atoms. The molecule has 3 heterocycles. The Morgan fingerprint density at radius 2 is 0.981 bits per heavy atom. The summed E-state index contributed by atoms with van der Waals surface area (Å²) in [6, 6.07) is 54.6. The fraction of sp³-hybridized carbons (Fsp3) is 0. The maximum Gasteiger partial charge on any atom is 0.227 e. The number of aromatic nitrogens is 4. The van der Waals surface area contributed by atoms with E-state index in [0.29, 0.717) is 23.4 Å². The van der Waals surface area contributed by atoms with Gasteiger partial charge < -0.3 is 4.42 Å². The van der Waals surface area contributed by atoms with Crippen molar-refractivity contribution in [3.63, 3.8) is 0 Å². The van der Waals surface area contributed by atoms with Crippen LogP contribution in [0, 0.1) is 0 Å². The number of nitrogens with zero attached hydrogens (tertiary/aromatic N) is 4. The molecule has 0 unspecified atom stereocenters. The second kappa shape index (κ2) is 11.4. The van der Waals surface area contributed by atoms with E-state index in [2.05, 4.69) is 127 Å². The number of benzene rings is 8. The highest BCUT2D eigenvalue weighted by atomic mass is 32.1. The molecular weight excluding hydrogens is 657 g/mol. The molecule has 6 heteroatoms. The van der Waals surface area contributed by atoms with Crippen LogP contribution in [0.15, 0.2) is 162 Å². The smallest absolute Gasteiger partial charge is 0.227 e. The highest BCUT2D eigenvalue weighted by Crippen LogP contribution is 2.46. The van der Waals surface area contributed by atoms with Crippen LogP contribution in [0.3, 0.4) is 0 Å². The van der Waals surface area contributed by atoms with Crippen LogP contribution in [0.25, 0.3) is 109 Å². The van der Waals surface area contributed by atoms with Gasteiger partial charge in [0.25, 0.3) is 0 Å². The minimum atomic E-state index is 0.545. The maximum atomic E-state index is 6.80. The molecule has 3 aromatic heterocycles. The predicted molar refractivity (Wildman–Crippen MR) is 215 cm³/mol. The summed E-state index contributed by atoms with van der Waals surface area (Å²) in [5.74, 6) is 2.30.